The largest absolute Gasteiger partial charge is 0.354 e. The standard InChI is InChI=1S/C21H20N4O5S/c1-14-17-7-2-3-8-18(17)21(28)25(14)13-20(27)23-15-5-4-6-16(11-15)31(29,30)24-10-9-22-19(26)12-24/h2-8,11H,1,9-10,12-13H2,(H,22,26)(H,23,27). The number of carbonyl (C=O) groups excluding carboxylic acids is 3. The third kappa shape index (κ3) is 3.94. The minimum Gasteiger partial charge on any atom is -0.354 e. The van der Waals surface area contributed by atoms with E-state index < -0.39 is 15.9 Å². The Kier molecular flexibility index (Phi) is 5.34. The van der Waals surface area contributed by atoms with Crippen molar-refractivity contribution < 1.29 is 22.8 Å². The second kappa shape index (κ2) is 7.97. The zero-order chi connectivity index (χ0) is 22.2. The first-order chi connectivity index (χ1) is 14.8. The number of amides is 3. The number of nitrogens with zero attached hydrogens (tertiary/aromatic N) is 2. The molecule has 160 valence electrons. The molecular formula is C21H20N4O5S. The van der Waals surface area contributed by atoms with Crippen LogP contribution in [-0.2, 0) is 19.6 Å². The fourth-order valence-corrected chi connectivity index (χ4v) is 4.99. The minimum atomic E-state index is -3.89. The van der Waals surface area contributed by atoms with Gasteiger partial charge in [-0.2, -0.15) is 4.31 Å². The number of anilines is 1. The predicted molar refractivity (Wildman–Crippen MR) is 113 cm³/mol. The number of benzene rings is 2. The molecule has 0 saturated carbocycles. The molecule has 1 saturated heterocycles. The van der Waals surface area contributed by atoms with Gasteiger partial charge in [0.15, 0.2) is 0 Å². The molecule has 2 aliphatic rings. The van der Waals surface area contributed by atoms with E-state index in [1.807, 2.05) is 0 Å². The lowest BCUT2D eigenvalue weighted by atomic mass is 10.1. The number of piperazine rings is 1. The predicted octanol–water partition coefficient (Wildman–Crippen LogP) is 0.872. The van der Waals surface area contributed by atoms with E-state index in [9.17, 15) is 22.8 Å². The van der Waals surface area contributed by atoms with Gasteiger partial charge in [-0.1, -0.05) is 30.8 Å². The maximum absolute atomic E-state index is 12.8. The van der Waals surface area contributed by atoms with Gasteiger partial charge >= 0.3 is 0 Å². The molecule has 0 bridgehead atoms. The second-order valence-electron chi connectivity index (χ2n) is 7.15. The van der Waals surface area contributed by atoms with E-state index in [2.05, 4.69) is 17.2 Å². The van der Waals surface area contributed by atoms with Crippen molar-refractivity contribution in [1.82, 2.24) is 14.5 Å². The molecule has 0 spiro atoms. The highest BCUT2D eigenvalue weighted by Crippen LogP contribution is 2.31. The first-order valence-corrected chi connectivity index (χ1v) is 11.0. The Labute approximate surface area is 179 Å². The van der Waals surface area contributed by atoms with Crippen LogP contribution >= 0.6 is 0 Å². The van der Waals surface area contributed by atoms with Crippen molar-refractivity contribution in [3.8, 4) is 0 Å². The van der Waals surface area contributed by atoms with E-state index in [4.69, 9.17) is 0 Å². The average Bonchev–Trinajstić information content (AvgIpc) is 2.99. The number of nitrogens with one attached hydrogen (secondary N) is 2. The van der Waals surface area contributed by atoms with Crippen LogP contribution in [0.25, 0.3) is 5.70 Å². The van der Waals surface area contributed by atoms with E-state index in [-0.39, 0.29) is 48.6 Å². The molecule has 1 fully saturated rings. The molecule has 2 aromatic rings. The molecule has 4 rings (SSSR count). The molecule has 10 heteroatoms. The van der Waals surface area contributed by atoms with Gasteiger partial charge in [-0.25, -0.2) is 8.42 Å². The maximum atomic E-state index is 12.8. The molecule has 2 N–H and O–H groups in total. The lowest BCUT2D eigenvalue weighted by Crippen LogP contribution is -2.49. The van der Waals surface area contributed by atoms with E-state index in [1.165, 1.54) is 23.1 Å². The fourth-order valence-electron chi connectivity index (χ4n) is 3.55. The van der Waals surface area contributed by atoms with Crippen molar-refractivity contribution in [2.75, 3.05) is 31.5 Å². The van der Waals surface area contributed by atoms with Crippen LogP contribution in [0, 0.1) is 0 Å². The highest BCUT2D eigenvalue weighted by molar-refractivity contribution is 7.89. The smallest absolute Gasteiger partial charge is 0.259 e. The van der Waals surface area contributed by atoms with Crippen LogP contribution < -0.4 is 10.6 Å². The molecule has 2 aliphatic heterocycles. The molecule has 0 aromatic heterocycles. The van der Waals surface area contributed by atoms with Crippen LogP contribution in [0.1, 0.15) is 15.9 Å². The van der Waals surface area contributed by atoms with Gasteiger partial charge in [-0.3, -0.25) is 19.3 Å². The molecular weight excluding hydrogens is 420 g/mol. The first-order valence-electron chi connectivity index (χ1n) is 9.54. The van der Waals surface area contributed by atoms with Gasteiger partial charge in [-0.05, 0) is 24.3 Å². The summed E-state index contributed by atoms with van der Waals surface area (Å²) in [6, 6.07) is 12.8. The van der Waals surface area contributed by atoms with Crippen molar-refractivity contribution in [3.63, 3.8) is 0 Å². The summed E-state index contributed by atoms with van der Waals surface area (Å²) < 4.78 is 26.8. The summed E-state index contributed by atoms with van der Waals surface area (Å²) in [5.74, 6) is -1.17. The van der Waals surface area contributed by atoms with Crippen molar-refractivity contribution in [2.24, 2.45) is 0 Å². The van der Waals surface area contributed by atoms with Gasteiger partial charge in [0, 0.05) is 35.6 Å². The van der Waals surface area contributed by atoms with Crippen molar-refractivity contribution in [2.45, 2.75) is 4.90 Å². The molecule has 0 unspecified atom stereocenters. The van der Waals surface area contributed by atoms with Gasteiger partial charge in [0.1, 0.15) is 6.54 Å². The highest BCUT2D eigenvalue weighted by atomic mass is 32.2. The fraction of sp³-hybridized carbons (Fsp3) is 0.190. The van der Waals surface area contributed by atoms with Crippen LogP contribution in [0.2, 0.25) is 0 Å². The van der Waals surface area contributed by atoms with Gasteiger partial charge < -0.3 is 10.6 Å². The normalized spacial score (nSPS) is 16.8. The molecule has 2 aromatic carbocycles. The van der Waals surface area contributed by atoms with Crippen LogP contribution in [0.4, 0.5) is 5.69 Å². The monoisotopic (exact) mass is 440 g/mol. The molecule has 0 radical (unpaired) electrons. The number of sulfonamides is 1. The third-order valence-electron chi connectivity index (χ3n) is 5.10. The number of rotatable bonds is 5. The Hall–Kier alpha value is -3.50. The van der Waals surface area contributed by atoms with Crippen LogP contribution in [0.15, 0.2) is 60.0 Å². The topological polar surface area (TPSA) is 116 Å². The van der Waals surface area contributed by atoms with E-state index in [1.54, 1.807) is 30.3 Å². The lowest BCUT2D eigenvalue weighted by molar-refractivity contribution is -0.122. The zero-order valence-electron chi connectivity index (χ0n) is 16.5. The second-order valence-corrected chi connectivity index (χ2v) is 9.09. The lowest BCUT2D eigenvalue weighted by Gasteiger charge is -2.26. The molecule has 0 aliphatic carbocycles. The van der Waals surface area contributed by atoms with Crippen molar-refractivity contribution in [1.29, 1.82) is 0 Å². The maximum Gasteiger partial charge on any atom is 0.259 e. The Balaban J connectivity index is 1.47. The molecule has 0 atom stereocenters. The Morgan fingerprint density at radius 3 is 2.55 bits per heavy atom. The third-order valence-corrected chi connectivity index (χ3v) is 6.94. The summed E-state index contributed by atoms with van der Waals surface area (Å²) >= 11 is 0. The minimum absolute atomic E-state index is 0.0333. The van der Waals surface area contributed by atoms with Crippen LogP contribution in [0.5, 0.6) is 0 Å². The summed E-state index contributed by atoms with van der Waals surface area (Å²) in [6.07, 6.45) is 0. The summed E-state index contributed by atoms with van der Waals surface area (Å²) in [7, 11) is -3.89. The molecule has 3 amide bonds. The van der Waals surface area contributed by atoms with Gasteiger partial charge in [-0.15, -0.1) is 0 Å². The SMILES string of the molecule is C=C1c2ccccc2C(=O)N1CC(=O)Nc1cccc(S(=O)(=O)N2CCNC(=O)C2)c1. The Bertz CT molecular complexity index is 1170. The van der Waals surface area contributed by atoms with E-state index in [0.29, 0.717) is 16.8 Å². The van der Waals surface area contributed by atoms with Crippen molar-refractivity contribution >= 4 is 39.1 Å². The summed E-state index contributed by atoms with van der Waals surface area (Å²) in [5, 5.41) is 5.20. The quantitative estimate of drug-likeness (QED) is 0.716. The number of fused-ring (bicyclic) bond motifs is 1. The van der Waals surface area contributed by atoms with Crippen molar-refractivity contribution in [3.05, 3.63) is 66.2 Å². The van der Waals surface area contributed by atoms with Gasteiger partial charge in [0.05, 0.1) is 11.4 Å². The molecule has 31 heavy (non-hydrogen) atoms. The summed E-state index contributed by atoms with van der Waals surface area (Å²) in [6.45, 7) is 3.81. The van der Waals surface area contributed by atoms with Gasteiger partial charge in [0.2, 0.25) is 21.8 Å². The molecule has 9 nitrogen and oxygen atoms in total. The number of carbonyl (C=O) groups is 3. The van der Waals surface area contributed by atoms with Crippen LogP contribution in [0.3, 0.4) is 0 Å². The highest BCUT2D eigenvalue weighted by Gasteiger charge is 2.32. The van der Waals surface area contributed by atoms with E-state index >= 15 is 0 Å². The summed E-state index contributed by atoms with van der Waals surface area (Å²) in [5.41, 5.74) is 1.87. The Morgan fingerprint density at radius 1 is 1.10 bits per heavy atom. The first kappa shape index (κ1) is 20.8. The number of hydrogen-bond donors (Lipinski definition) is 2. The summed E-state index contributed by atoms with van der Waals surface area (Å²) in [4.78, 5) is 37.9. The van der Waals surface area contributed by atoms with Gasteiger partial charge in [0.25, 0.3) is 5.91 Å². The van der Waals surface area contributed by atoms with E-state index in [0.717, 1.165) is 4.31 Å². The average molecular weight is 440 g/mol. The Morgan fingerprint density at radius 2 is 1.84 bits per heavy atom. The number of hydrogen-bond acceptors (Lipinski definition) is 5. The van der Waals surface area contributed by atoms with Crippen LogP contribution in [-0.4, -0.2) is 61.5 Å². The zero-order valence-corrected chi connectivity index (χ0v) is 17.3. The molecule has 2 heterocycles.